The van der Waals surface area contributed by atoms with Gasteiger partial charge in [0.15, 0.2) is 0 Å². The van der Waals surface area contributed by atoms with Crippen molar-refractivity contribution in [1.82, 2.24) is 0 Å². The van der Waals surface area contributed by atoms with Gasteiger partial charge in [0.2, 0.25) is 0 Å². The molecule has 0 amide bonds. The lowest BCUT2D eigenvalue weighted by Crippen LogP contribution is -2.12. The van der Waals surface area contributed by atoms with E-state index in [9.17, 15) is 0 Å². The van der Waals surface area contributed by atoms with Crippen LogP contribution in [0.4, 0.5) is 0 Å². The Morgan fingerprint density at radius 1 is 1.33 bits per heavy atom. The van der Waals surface area contributed by atoms with Gasteiger partial charge in [0, 0.05) is 5.56 Å². The highest BCUT2D eigenvalue weighted by molar-refractivity contribution is 6.00. The molecule has 1 aromatic rings. The summed E-state index contributed by atoms with van der Waals surface area (Å²) in [6, 6.07) is 5.78. The predicted molar refractivity (Wildman–Crippen MR) is 71.8 cm³/mol. The summed E-state index contributed by atoms with van der Waals surface area (Å²) in [5.74, 6) is 0.720. The van der Waals surface area contributed by atoms with Crippen molar-refractivity contribution >= 4 is 5.71 Å². The van der Waals surface area contributed by atoms with Crippen LogP contribution in [0.3, 0.4) is 0 Å². The number of rotatable bonds is 6. The van der Waals surface area contributed by atoms with Crippen molar-refractivity contribution in [3.63, 3.8) is 0 Å². The van der Waals surface area contributed by atoms with Gasteiger partial charge in [-0.15, -0.1) is 0 Å². The highest BCUT2D eigenvalue weighted by Crippen LogP contribution is 2.21. The molecule has 0 aliphatic carbocycles. The van der Waals surface area contributed by atoms with Crippen LogP contribution in [-0.4, -0.2) is 30.2 Å². The lowest BCUT2D eigenvalue weighted by Gasteiger charge is -2.13. The number of ether oxygens (including phenoxy) is 2. The van der Waals surface area contributed by atoms with E-state index in [4.69, 9.17) is 14.7 Å². The van der Waals surface area contributed by atoms with Gasteiger partial charge < -0.3 is 14.7 Å². The van der Waals surface area contributed by atoms with Crippen molar-refractivity contribution in [3.05, 3.63) is 29.3 Å². The molecule has 100 valence electrons. The van der Waals surface area contributed by atoms with Crippen molar-refractivity contribution < 1.29 is 14.7 Å². The van der Waals surface area contributed by atoms with Crippen LogP contribution >= 0.6 is 0 Å². The molecule has 0 aliphatic rings. The Kier molecular flexibility index (Phi) is 5.65. The van der Waals surface area contributed by atoms with Gasteiger partial charge in [-0.3, -0.25) is 0 Å². The van der Waals surface area contributed by atoms with E-state index < -0.39 is 0 Å². The Balaban J connectivity index is 2.71. The fourth-order valence-electron chi connectivity index (χ4n) is 1.54. The van der Waals surface area contributed by atoms with E-state index in [2.05, 4.69) is 5.16 Å². The SMILES string of the molecule is CC(=NO)c1ccc(C)cc1OCCOC(C)C. The maximum absolute atomic E-state index is 8.83. The Morgan fingerprint density at radius 3 is 2.67 bits per heavy atom. The lowest BCUT2D eigenvalue weighted by molar-refractivity contribution is 0.0552. The highest BCUT2D eigenvalue weighted by Gasteiger charge is 2.07. The van der Waals surface area contributed by atoms with E-state index >= 15 is 0 Å². The van der Waals surface area contributed by atoms with Crippen LogP contribution in [0, 0.1) is 6.92 Å². The van der Waals surface area contributed by atoms with Crippen molar-refractivity contribution in [3.8, 4) is 5.75 Å². The standard InChI is InChI=1S/C14H21NO3/c1-10(2)17-7-8-18-14-9-11(3)5-6-13(14)12(4)15-16/h5-6,9-10,16H,7-8H2,1-4H3. The van der Waals surface area contributed by atoms with Gasteiger partial charge in [-0.1, -0.05) is 11.2 Å². The number of nitrogens with zero attached hydrogens (tertiary/aromatic N) is 1. The first-order chi connectivity index (χ1) is 8.54. The quantitative estimate of drug-likeness (QED) is 0.366. The maximum Gasteiger partial charge on any atom is 0.128 e. The summed E-state index contributed by atoms with van der Waals surface area (Å²) < 4.78 is 11.1. The molecule has 4 nitrogen and oxygen atoms in total. The second-order valence-corrected chi connectivity index (χ2v) is 4.45. The molecular formula is C14H21NO3. The highest BCUT2D eigenvalue weighted by atomic mass is 16.5. The summed E-state index contributed by atoms with van der Waals surface area (Å²) in [5, 5.41) is 12.0. The third kappa shape index (κ3) is 4.37. The molecule has 0 heterocycles. The largest absolute Gasteiger partial charge is 0.490 e. The zero-order chi connectivity index (χ0) is 13.5. The number of aryl methyl sites for hydroxylation is 1. The average Bonchev–Trinajstić information content (AvgIpc) is 2.33. The van der Waals surface area contributed by atoms with Gasteiger partial charge in [0.05, 0.1) is 18.4 Å². The van der Waals surface area contributed by atoms with Crippen LogP contribution in [0.5, 0.6) is 5.75 Å². The first-order valence-corrected chi connectivity index (χ1v) is 6.08. The molecule has 0 unspecified atom stereocenters. The van der Waals surface area contributed by atoms with Crippen molar-refractivity contribution in [2.45, 2.75) is 33.8 Å². The van der Waals surface area contributed by atoms with Crippen LogP contribution < -0.4 is 4.74 Å². The molecule has 0 aromatic heterocycles. The smallest absolute Gasteiger partial charge is 0.128 e. The van der Waals surface area contributed by atoms with Crippen LogP contribution in [-0.2, 0) is 4.74 Å². The van der Waals surface area contributed by atoms with Gasteiger partial charge in [0.1, 0.15) is 12.4 Å². The van der Waals surface area contributed by atoms with E-state index in [1.54, 1.807) is 6.92 Å². The molecule has 1 aromatic carbocycles. The molecule has 0 saturated carbocycles. The molecule has 0 aliphatic heterocycles. The van der Waals surface area contributed by atoms with E-state index in [0.717, 1.165) is 16.9 Å². The summed E-state index contributed by atoms with van der Waals surface area (Å²) >= 11 is 0. The van der Waals surface area contributed by atoms with E-state index in [1.807, 2.05) is 39.0 Å². The summed E-state index contributed by atoms with van der Waals surface area (Å²) in [7, 11) is 0. The fraction of sp³-hybridized carbons (Fsp3) is 0.500. The number of benzene rings is 1. The Hall–Kier alpha value is -1.55. The Bertz CT molecular complexity index is 414. The van der Waals surface area contributed by atoms with E-state index in [0.29, 0.717) is 18.9 Å². The van der Waals surface area contributed by atoms with E-state index in [1.165, 1.54) is 0 Å². The van der Waals surface area contributed by atoms with Crippen molar-refractivity contribution in [2.75, 3.05) is 13.2 Å². The third-order valence-electron chi connectivity index (χ3n) is 2.47. The van der Waals surface area contributed by atoms with Gasteiger partial charge in [0.25, 0.3) is 0 Å². The molecule has 4 heteroatoms. The Morgan fingerprint density at radius 2 is 2.06 bits per heavy atom. The predicted octanol–water partition coefficient (Wildman–Crippen LogP) is 3.00. The normalized spacial score (nSPS) is 11.9. The minimum Gasteiger partial charge on any atom is -0.490 e. The number of oxime groups is 1. The third-order valence-corrected chi connectivity index (χ3v) is 2.47. The van der Waals surface area contributed by atoms with Crippen molar-refractivity contribution in [2.24, 2.45) is 5.16 Å². The zero-order valence-electron chi connectivity index (χ0n) is 11.4. The molecule has 1 rings (SSSR count). The van der Waals surface area contributed by atoms with Crippen LogP contribution in [0.2, 0.25) is 0 Å². The van der Waals surface area contributed by atoms with Gasteiger partial charge in [-0.05, 0) is 45.4 Å². The molecule has 0 fully saturated rings. The molecule has 0 spiro atoms. The monoisotopic (exact) mass is 251 g/mol. The maximum atomic E-state index is 8.83. The van der Waals surface area contributed by atoms with Gasteiger partial charge >= 0.3 is 0 Å². The minimum atomic E-state index is 0.200. The first kappa shape index (κ1) is 14.5. The molecule has 0 bridgehead atoms. The molecular weight excluding hydrogens is 230 g/mol. The van der Waals surface area contributed by atoms with Gasteiger partial charge in [-0.25, -0.2) is 0 Å². The second-order valence-electron chi connectivity index (χ2n) is 4.45. The minimum absolute atomic E-state index is 0.200. The summed E-state index contributed by atoms with van der Waals surface area (Å²) in [4.78, 5) is 0. The number of hydrogen-bond donors (Lipinski definition) is 1. The van der Waals surface area contributed by atoms with Crippen LogP contribution in [0.15, 0.2) is 23.4 Å². The Labute approximate surface area is 108 Å². The fourth-order valence-corrected chi connectivity index (χ4v) is 1.54. The molecule has 18 heavy (non-hydrogen) atoms. The topological polar surface area (TPSA) is 51.1 Å². The zero-order valence-corrected chi connectivity index (χ0v) is 11.4. The first-order valence-electron chi connectivity index (χ1n) is 6.08. The summed E-state index contributed by atoms with van der Waals surface area (Å²) in [6.45, 7) is 8.73. The average molecular weight is 251 g/mol. The second kappa shape index (κ2) is 7.01. The number of hydrogen-bond acceptors (Lipinski definition) is 4. The molecule has 0 radical (unpaired) electrons. The molecule has 0 saturated heterocycles. The van der Waals surface area contributed by atoms with Crippen molar-refractivity contribution in [1.29, 1.82) is 0 Å². The van der Waals surface area contributed by atoms with E-state index in [-0.39, 0.29) is 6.10 Å². The van der Waals surface area contributed by atoms with Crippen LogP contribution in [0.25, 0.3) is 0 Å². The van der Waals surface area contributed by atoms with Crippen LogP contribution in [0.1, 0.15) is 31.9 Å². The molecule has 0 atom stereocenters. The summed E-state index contributed by atoms with van der Waals surface area (Å²) in [5.41, 5.74) is 2.44. The van der Waals surface area contributed by atoms with Gasteiger partial charge in [-0.2, -0.15) is 0 Å². The summed E-state index contributed by atoms with van der Waals surface area (Å²) in [6.07, 6.45) is 0.200. The lowest BCUT2D eigenvalue weighted by atomic mass is 10.1. The molecule has 1 N–H and O–H groups in total.